The molecule has 0 radical (unpaired) electrons. The number of pyridine rings is 1. The van der Waals surface area contributed by atoms with Crippen molar-refractivity contribution in [1.29, 1.82) is 0 Å². The molecule has 1 aromatic heterocycles. The molecule has 64 valence electrons. The lowest BCUT2D eigenvalue weighted by atomic mass is 10.4. The fourth-order valence-electron chi connectivity index (χ4n) is 1.24. The van der Waals surface area contributed by atoms with Crippen molar-refractivity contribution in [3.8, 4) is 0 Å². The van der Waals surface area contributed by atoms with E-state index >= 15 is 0 Å². The summed E-state index contributed by atoms with van der Waals surface area (Å²) in [7, 11) is 2.10. The molecule has 3 heteroatoms. The molecule has 1 fully saturated rings. The molecule has 0 aliphatic heterocycles. The van der Waals surface area contributed by atoms with E-state index in [-0.39, 0.29) is 0 Å². The number of nitrogens with zero attached hydrogens (tertiary/aromatic N) is 2. The van der Waals surface area contributed by atoms with Gasteiger partial charge in [0.15, 0.2) is 0 Å². The molecular weight excluding hydrogens is 216 g/mol. The van der Waals surface area contributed by atoms with Crippen LogP contribution in [0.15, 0.2) is 22.8 Å². The number of aromatic nitrogens is 1. The van der Waals surface area contributed by atoms with Crippen LogP contribution in [0.25, 0.3) is 0 Å². The Morgan fingerprint density at radius 2 is 2.25 bits per heavy atom. The highest BCUT2D eigenvalue weighted by Gasteiger charge is 2.26. The summed E-state index contributed by atoms with van der Waals surface area (Å²) < 4.78 is 0.910. The summed E-state index contributed by atoms with van der Waals surface area (Å²) in [6.45, 7) is 0. The lowest BCUT2D eigenvalue weighted by Gasteiger charge is -2.16. The summed E-state index contributed by atoms with van der Waals surface area (Å²) in [6.07, 6.45) is 2.62. The van der Waals surface area contributed by atoms with Crippen LogP contribution < -0.4 is 4.90 Å². The molecule has 0 amide bonds. The molecule has 1 heterocycles. The highest BCUT2D eigenvalue weighted by atomic mass is 79.9. The maximum absolute atomic E-state index is 4.38. The Morgan fingerprint density at radius 1 is 1.50 bits per heavy atom. The van der Waals surface area contributed by atoms with Crippen LogP contribution in [0.5, 0.6) is 0 Å². The lowest BCUT2D eigenvalue weighted by molar-refractivity contribution is 0.889. The van der Waals surface area contributed by atoms with Crippen LogP contribution in [-0.2, 0) is 0 Å². The molecule has 12 heavy (non-hydrogen) atoms. The molecule has 0 atom stereocenters. The standard InChI is InChI=1S/C9H11BrN2/c1-12(7-5-6-7)9-4-2-3-8(10)11-9/h2-4,7H,5-6H2,1H3. The van der Waals surface area contributed by atoms with Gasteiger partial charge in [-0.15, -0.1) is 0 Å². The fraction of sp³-hybridized carbons (Fsp3) is 0.444. The van der Waals surface area contributed by atoms with E-state index < -0.39 is 0 Å². The molecule has 0 saturated heterocycles. The van der Waals surface area contributed by atoms with E-state index in [0.29, 0.717) is 0 Å². The normalized spacial score (nSPS) is 16.2. The number of halogens is 1. The van der Waals surface area contributed by atoms with E-state index in [1.807, 2.05) is 18.2 Å². The molecule has 1 aromatic rings. The van der Waals surface area contributed by atoms with Gasteiger partial charge in [-0.1, -0.05) is 6.07 Å². The van der Waals surface area contributed by atoms with Gasteiger partial charge < -0.3 is 4.90 Å². The molecule has 0 aromatic carbocycles. The first-order valence-electron chi connectivity index (χ1n) is 4.13. The van der Waals surface area contributed by atoms with Gasteiger partial charge >= 0.3 is 0 Å². The first-order chi connectivity index (χ1) is 5.77. The highest BCUT2D eigenvalue weighted by molar-refractivity contribution is 9.10. The highest BCUT2D eigenvalue weighted by Crippen LogP contribution is 2.29. The number of anilines is 1. The first-order valence-corrected chi connectivity index (χ1v) is 4.92. The van der Waals surface area contributed by atoms with E-state index in [2.05, 4.69) is 32.9 Å². The van der Waals surface area contributed by atoms with Crippen LogP contribution in [0.1, 0.15) is 12.8 Å². The Labute approximate surface area is 80.7 Å². The summed E-state index contributed by atoms with van der Waals surface area (Å²) >= 11 is 3.36. The zero-order chi connectivity index (χ0) is 8.55. The quantitative estimate of drug-likeness (QED) is 0.721. The molecule has 0 bridgehead atoms. The maximum Gasteiger partial charge on any atom is 0.129 e. The minimum atomic E-state index is 0.729. The molecule has 1 saturated carbocycles. The van der Waals surface area contributed by atoms with Crippen LogP contribution in [0.4, 0.5) is 5.82 Å². The second kappa shape index (κ2) is 3.05. The average Bonchev–Trinajstić information content (AvgIpc) is 2.85. The number of hydrogen-bond acceptors (Lipinski definition) is 2. The Kier molecular flexibility index (Phi) is 2.05. The second-order valence-corrected chi connectivity index (χ2v) is 3.97. The van der Waals surface area contributed by atoms with Crippen LogP contribution >= 0.6 is 15.9 Å². The van der Waals surface area contributed by atoms with Crippen molar-refractivity contribution in [3.63, 3.8) is 0 Å². The van der Waals surface area contributed by atoms with Crippen LogP contribution in [-0.4, -0.2) is 18.1 Å². The zero-order valence-corrected chi connectivity index (χ0v) is 8.58. The molecule has 0 unspecified atom stereocenters. The molecular formula is C9H11BrN2. The Hall–Kier alpha value is -0.570. The Bertz CT molecular complexity index is 284. The summed E-state index contributed by atoms with van der Waals surface area (Å²) in [6, 6.07) is 6.74. The zero-order valence-electron chi connectivity index (χ0n) is 7.00. The van der Waals surface area contributed by atoms with Crippen LogP contribution in [0.2, 0.25) is 0 Å². The molecule has 2 rings (SSSR count). The monoisotopic (exact) mass is 226 g/mol. The topological polar surface area (TPSA) is 16.1 Å². The third-order valence-electron chi connectivity index (χ3n) is 2.16. The third kappa shape index (κ3) is 1.61. The van der Waals surface area contributed by atoms with Gasteiger partial charge in [0.25, 0.3) is 0 Å². The lowest BCUT2D eigenvalue weighted by Crippen LogP contribution is -2.20. The van der Waals surface area contributed by atoms with E-state index in [4.69, 9.17) is 0 Å². The van der Waals surface area contributed by atoms with Crippen molar-refractivity contribution in [2.24, 2.45) is 0 Å². The molecule has 0 N–H and O–H groups in total. The van der Waals surface area contributed by atoms with Crippen LogP contribution in [0.3, 0.4) is 0 Å². The van der Waals surface area contributed by atoms with E-state index in [1.165, 1.54) is 12.8 Å². The fourth-order valence-corrected chi connectivity index (χ4v) is 1.58. The van der Waals surface area contributed by atoms with Gasteiger partial charge in [-0.3, -0.25) is 0 Å². The van der Waals surface area contributed by atoms with E-state index in [1.54, 1.807) is 0 Å². The van der Waals surface area contributed by atoms with Gasteiger partial charge in [0, 0.05) is 13.1 Å². The molecule has 2 nitrogen and oxygen atoms in total. The maximum atomic E-state index is 4.38. The minimum absolute atomic E-state index is 0.729. The van der Waals surface area contributed by atoms with Gasteiger partial charge in [0.1, 0.15) is 10.4 Å². The first kappa shape index (κ1) is 8.05. The van der Waals surface area contributed by atoms with Gasteiger partial charge in [0.2, 0.25) is 0 Å². The molecule has 1 aliphatic carbocycles. The van der Waals surface area contributed by atoms with Gasteiger partial charge in [-0.05, 0) is 40.9 Å². The van der Waals surface area contributed by atoms with Gasteiger partial charge in [0.05, 0.1) is 0 Å². The number of hydrogen-bond donors (Lipinski definition) is 0. The smallest absolute Gasteiger partial charge is 0.129 e. The Morgan fingerprint density at radius 3 is 2.83 bits per heavy atom. The van der Waals surface area contributed by atoms with Crippen LogP contribution in [0, 0.1) is 0 Å². The van der Waals surface area contributed by atoms with Crippen molar-refractivity contribution >= 4 is 21.7 Å². The van der Waals surface area contributed by atoms with E-state index in [9.17, 15) is 0 Å². The van der Waals surface area contributed by atoms with Crippen molar-refractivity contribution in [3.05, 3.63) is 22.8 Å². The molecule has 0 spiro atoms. The summed E-state index contributed by atoms with van der Waals surface area (Å²) in [5.74, 6) is 1.06. The van der Waals surface area contributed by atoms with Crippen molar-refractivity contribution in [2.45, 2.75) is 18.9 Å². The molecule has 1 aliphatic rings. The predicted octanol–water partition coefficient (Wildman–Crippen LogP) is 2.44. The summed E-state index contributed by atoms with van der Waals surface area (Å²) in [4.78, 5) is 6.62. The van der Waals surface area contributed by atoms with E-state index in [0.717, 1.165) is 16.5 Å². The second-order valence-electron chi connectivity index (χ2n) is 3.16. The summed E-state index contributed by atoms with van der Waals surface area (Å²) in [5, 5.41) is 0. The SMILES string of the molecule is CN(c1cccc(Br)n1)C1CC1. The van der Waals surface area contributed by atoms with Crippen molar-refractivity contribution in [2.75, 3.05) is 11.9 Å². The van der Waals surface area contributed by atoms with Gasteiger partial charge in [-0.2, -0.15) is 0 Å². The summed E-state index contributed by atoms with van der Waals surface area (Å²) in [5.41, 5.74) is 0. The predicted molar refractivity (Wildman–Crippen MR) is 53.4 cm³/mol. The number of rotatable bonds is 2. The van der Waals surface area contributed by atoms with Crippen molar-refractivity contribution < 1.29 is 0 Å². The van der Waals surface area contributed by atoms with Crippen molar-refractivity contribution in [1.82, 2.24) is 4.98 Å². The largest absolute Gasteiger partial charge is 0.357 e. The Balaban J connectivity index is 2.20. The minimum Gasteiger partial charge on any atom is -0.357 e. The van der Waals surface area contributed by atoms with Gasteiger partial charge in [-0.25, -0.2) is 4.98 Å². The average molecular weight is 227 g/mol. The third-order valence-corrected chi connectivity index (χ3v) is 2.60.